The molecule has 0 unspecified atom stereocenters. The number of benzene rings is 4. The monoisotopic (exact) mass is 380 g/mol. The van der Waals surface area contributed by atoms with Crippen LogP contribution in [0.1, 0.15) is 15.9 Å². The number of anilines is 1. The first-order chi connectivity index (χ1) is 14.2. The van der Waals surface area contributed by atoms with Crippen molar-refractivity contribution in [1.29, 1.82) is 0 Å². The summed E-state index contributed by atoms with van der Waals surface area (Å²) in [4.78, 5) is 12.6. The van der Waals surface area contributed by atoms with Crippen molar-refractivity contribution in [2.45, 2.75) is 0 Å². The molecule has 0 spiro atoms. The van der Waals surface area contributed by atoms with Gasteiger partial charge >= 0.3 is 5.97 Å². The molecule has 0 heterocycles. The van der Waals surface area contributed by atoms with Crippen LogP contribution in [0.5, 0.6) is 5.75 Å². The van der Waals surface area contributed by atoms with Crippen molar-refractivity contribution in [2.24, 2.45) is 5.10 Å². The van der Waals surface area contributed by atoms with Crippen LogP contribution in [0, 0.1) is 0 Å². The van der Waals surface area contributed by atoms with Crippen LogP contribution in [0.4, 0.5) is 5.69 Å². The third kappa shape index (κ3) is 4.17. The van der Waals surface area contributed by atoms with Gasteiger partial charge in [-0.2, -0.15) is 5.10 Å². The zero-order valence-corrected chi connectivity index (χ0v) is 16.0. The summed E-state index contributed by atoms with van der Waals surface area (Å²) in [5.41, 5.74) is 2.23. The molecule has 0 amide bonds. The third-order valence-electron chi connectivity index (χ3n) is 4.63. The van der Waals surface area contributed by atoms with Crippen molar-refractivity contribution in [3.63, 3.8) is 0 Å². The summed E-state index contributed by atoms with van der Waals surface area (Å²) < 4.78 is 5.73. The van der Waals surface area contributed by atoms with E-state index in [0.29, 0.717) is 11.3 Å². The van der Waals surface area contributed by atoms with E-state index in [2.05, 4.69) is 5.10 Å². The van der Waals surface area contributed by atoms with E-state index in [1.54, 1.807) is 23.4 Å². The van der Waals surface area contributed by atoms with Crippen molar-refractivity contribution in [2.75, 3.05) is 12.1 Å². The van der Waals surface area contributed by atoms with Crippen LogP contribution in [0.3, 0.4) is 0 Å². The maximum absolute atomic E-state index is 12.6. The lowest BCUT2D eigenvalue weighted by Crippen LogP contribution is -2.11. The number of para-hydroxylation sites is 1. The van der Waals surface area contributed by atoms with Crippen molar-refractivity contribution in [1.82, 2.24) is 0 Å². The van der Waals surface area contributed by atoms with Gasteiger partial charge in [0.1, 0.15) is 5.75 Å². The van der Waals surface area contributed by atoms with Gasteiger partial charge in [-0.05, 0) is 41.1 Å². The number of ether oxygens (including phenoxy) is 1. The SMILES string of the molecule is CN(N=Cc1c(OC(=O)c2ccccc2)ccc2ccccc12)c1ccccc1. The molecule has 0 radical (unpaired) electrons. The predicted octanol–water partition coefficient (Wildman–Crippen LogP) is 5.53. The molecule has 29 heavy (non-hydrogen) atoms. The van der Waals surface area contributed by atoms with Crippen molar-refractivity contribution in [3.05, 3.63) is 108 Å². The Hall–Kier alpha value is -3.92. The van der Waals surface area contributed by atoms with Gasteiger partial charge in [0, 0.05) is 12.6 Å². The van der Waals surface area contributed by atoms with Gasteiger partial charge in [-0.25, -0.2) is 4.79 Å². The van der Waals surface area contributed by atoms with Crippen LogP contribution in [-0.2, 0) is 0 Å². The summed E-state index contributed by atoms with van der Waals surface area (Å²) in [6.07, 6.45) is 1.74. The molecule has 0 saturated heterocycles. The number of hydrogen-bond acceptors (Lipinski definition) is 4. The number of carbonyl (C=O) groups is 1. The standard InChI is InChI=1S/C25H20N2O2/c1-27(21-13-6-3-7-14-21)26-18-23-22-15-9-8-10-19(22)16-17-24(23)29-25(28)20-11-4-2-5-12-20/h2-18H,1H3. The normalized spacial score (nSPS) is 10.9. The van der Waals surface area contributed by atoms with Crippen LogP contribution in [0.2, 0.25) is 0 Å². The maximum atomic E-state index is 12.6. The first kappa shape index (κ1) is 18.4. The van der Waals surface area contributed by atoms with Gasteiger partial charge in [-0.15, -0.1) is 0 Å². The number of esters is 1. The second-order valence-corrected chi connectivity index (χ2v) is 6.56. The van der Waals surface area contributed by atoms with Gasteiger partial charge in [0.25, 0.3) is 0 Å². The molecule has 0 atom stereocenters. The summed E-state index contributed by atoms with van der Waals surface area (Å²) in [6.45, 7) is 0. The second-order valence-electron chi connectivity index (χ2n) is 6.56. The Kier molecular flexibility index (Phi) is 5.34. The van der Waals surface area contributed by atoms with Gasteiger partial charge in [0.05, 0.1) is 17.5 Å². The molecule has 142 valence electrons. The van der Waals surface area contributed by atoms with Gasteiger partial charge in [-0.3, -0.25) is 5.01 Å². The van der Waals surface area contributed by atoms with Crippen molar-refractivity contribution < 1.29 is 9.53 Å². The minimum Gasteiger partial charge on any atom is -0.422 e. The molecule has 4 nitrogen and oxygen atoms in total. The molecule has 4 aromatic carbocycles. The second kappa shape index (κ2) is 8.40. The molecule has 0 fully saturated rings. The molecule has 4 rings (SSSR count). The summed E-state index contributed by atoms with van der Waals surface area (Å²) >= 11 is 0. The number of carbonyl (C=O) groups excluding carboxylic acids is 1. The average molecular weight is 380 g/mol. The first-order valence-electron chi connectivity index (χ1n) is 9.34. The number of rotatable bonds is 5. The van der Waals surface area contributed by atoms with Crippen LogP contribution < -0.4 is 9.75 Å². The summed E-state index contributed by atoms with van der Waals surface area (Å²) in [5, 5.41) is 8.38. The highest BCUT2D eigenvalue weighted by molar-refractivity contribution is 6.04. The molecule has 4 heteroatoms. The van der Waals surface area contributed by atoms with E-state index in [1.165, 1.54) is 0 Å². The first-order valence-corrected chi connectivity index (χ1v) is 9.34. The van der Waals surface area contributed by atoms with Crippen molar-refractivity contribution in [3.8, 4) is 5.75 Å². The Bertz CT molecular complexity index is 1160. The Morgan fingerprint density at radius 2 is 1.48 bits per heavy atom. The fraction of sp³-hybridized carbons (Fsp3) is 0.0400. The Balaban J connectivity index is 1.71. The highest BCUT2D eigenvalue weighted by Gasteiger charge is 2.13. The lowest BCUT2D eigenvalue weighted by atomic mass is 10.0. The van der Waals surface area contributed by atoms with Gasteiger partial charge in [-0.1, -0.05) is 66.7 Å². The minimum atomic E-state index is -0.396. The van der Waals surface area contributed by atoms with Crippen LogP contribution in [0.15, 0.2) is 102 Å². The average Bonchev–Trinajstić information content (AvgIpc) is 2.79. The maximum Gasteiger partial charge on any atom is 0.343 e. The number of hydrazone groups is 1. The highest BCUT2D eigenvalue weighted by atomic mass is 16.5. The van der Waals surface area contributed by atoms with E-state index in [0.717, 1.165) is 22.0 Å². The van der Waals surface area contributed by atoms with Gasteiger partial charge in [0.2, 0.25) is 0 Å². The molecule has 0 bridgehead atoms. The number of fused-ring (bicyclic) bond motifs is 1. The number of nitrogens with zero attached hydrogens (tertiary/aromatic N) is 2. The fourth-order valence-electron chi connectivity index (χ4n) is 3.09. The summed E-state index contributed by atoms with van der Waals surface area (Å²) in [5.74, 6) is 0.0784. The zero-order chi connectivity index (χ0) is 20.1. The molecule has 0 aliphatic rings. The topological polar surface area (TPSA) is 41.9 Å². The largest absolute Gasteiger partial charge is 0.422 e. The van der Waals surface area contributed by atoms with E-state index in [9.17, 15) is 4.79 Å². The van der Waals surface area contributed by atoms with E-state index >= 15 is 0 Å². The smallest absolute Gasteiger partial charge is 0.343 e. The van der Waals surface area contributed by atoms with Crippen molar-refractivity contribution >= 4 is 28.6 Å². The van der Waals surface area contributed by atoms with E-state index < -0.39 is 5.97 Å². The molecular weight excluding hydrogens is 360 g/mol. The Morgan fingerprint density at radius 3 is 2.24 bits per heavy atom. The van der Waals surface area contributed by atoms with Crippen LogP contribution in [0.25, 0.3) is 10.8 Å². The summed E-state index contributed by atoms with van der Waals surface area (Å²) in [7, 11) is 1.88. The Labute approximate surface area is 169 Å². The highest BCUT2D eigenvalue weighted by Crippen LogP contribution is 2.28. The minimum absolute atomic E-state index is 0.396. The molecule has 0 aliphatic heterocycles. The third-order valence-corrected chi connectivity index (χ3v) is 4.63. The lowest BCUT2D eigenvalue weighted by molar-refractivity contribution is 0.0735. The Morgan fingerprint density at radius 1 is 0.828 bits per heavy atom. The quantitative estimate of drug-likeness (QED) is 0.198. The van der Waals surface area contributed by atoms with Crippen LogP contribution in [-0.4, -0.2) is 19.2 Å². The molecule has 0 aromatic heterocycles. The fourth-order valence-corrected chi connectivity index (χ4v) is 3.09. The van der Waals surface area contributed by atoms with E-state index in [1.807, 2.05) is 92.0 Å². The van der Waals surface area contributed by atoms with E-state index in [4.69, 9.17) is 4.74 Å². The molecular formula is C25H20N2O2. The van der Waals surface area contributed by atoms with Gasteiger partial charge < -0.3 is 4.74 Å². The van der Waals surface area contributed by atoms with Gasteiger partial charge in [0.15, 0.2) is 0 Å². The molecule has 0 aliphatic carbocycles. The van der Waals surface area contributed by atoms with E-state index in [-0.39, 0.29) is 0 Å². The molecule has 4 aromatic rings. The van der Waals surface area contributed by atoms with Crippen LogP contribution >= 0.6 is 0 Å². The summed E-state index contributed by atoms with van der Waals surface area (Å²) in [6, 6.07) is 30.6. The molecule has 0 N–H and O–H groups in total. The lowest BCUT2D eigenvalue weighted by Gasteiger charge is -2.14. The zero-order valence-electron chi connectivity index (χ0n) is 16.0. The predicted molar refractivity (Wildman–Crippen MR) is 118 cm³/mol. The number of hydrogen-bond donors (Lipinski definition) is 0. The molecule has 0 saturated carbocycles.